The number of benzene rings is 1. The minimum Gasteiger partial charge on any atom is -0.370 e. The van der Waals surface area contributed by atoms with E-state index in [0.717, 1.165) is 18.7 Å². The maximum absolute atomic E-state index is 12.9. The molecule has 0 radical (unpaired) electrons. The summed E-state index contributed by atoms with van der Waals surface area (Å²) in [5.41, 5.74) is 6.73. The van der Waals surface area contributed by atoms with Gasteiger partial charge in [-0.25, -0.2) is 4.39 Å². The van der Waals surface area contributed by atoms with Crippen LogP contribution in [0.25, 0.3) is 0 Å². The van der Waals surface area contributed by atoms with Crippen molar-refractivity contribution in [2.75, 3.05) is 19.6 Å². The molecule has 1 aromatic carbocycles. The molecule has 3 nitrogen and oxygen atoms in total. The minimum atomic E-state index is -0.324. The Bertz CT molecular complexity index is 422. The van der Waals surface area contributed by atoms with Crippen LogP contribution in [0.1, 0.15) is 19.4 Å². The molecule has 1 aromatic rings. The van der Waals surface area contributed by atoms with E-state index in [1.807, 2.05) is 18.7 Å². The molecule has 0 aromatic heterocycles. The molecule has 0 aliphatic carbocycles. The summed E-state index contributed by atoms with van der Waals surface area (Å²) in [6.07, 6.45) is 0.654. The smallest absolute Gasteiger partial charge is 0.191 e. The Hall–Kier alpha value is -0.560. The van der Waals surface area contributed by atoms with Crippen molar-refractivity contribution in [1.29, 1.82) is 0 Å². The lowest BCUT2D eigenvalue weighted by molar-refractivity contribution is 0.458. The van der Waals surface area contributed by atoms with Gasteiger partial charge in [-0.1, -0.05) is 17.7 Å². The van der Waals surface area contributed by atoms with E-state index in [4.69, 9.17) is 17.3 Å². The Morgan fingerprint density at radius 3 is 2.53 bits per heavy atom. The van der Waals surface area contributed by atoms with Gasteiger partial charge in [0, 0.05) is 24.7 Å². The Morgan fingerprint density at radius 1 is 1.37 bits per heavy atom. The van der Waals surface area contributed by atoms with Crippen LogP contribution in [-0.4, -0.2) is 30.5 Å². The van der Waals surface area contributed by atoms with E-state index in [1.54, 1.807) is 6.07 Å². The standard InChI is InChI=1S/C13H19ClFN3.HI/c1-3-18(4-2)13(16)17-8-7-10-5-6-11(15)9-12(10)14;/h5-6,9H,3-4,7-8H2,1-2H3,(H2,16,17);1H. The Morgan fingerprint density at radius 2 is 2.00 bits per heavy atom. The van der Waals surface area contributed by atoms with Crippen LogP contribution in [0, 0.1) is 5.82 Å². The highest BCUT2D eigenvalue weighted by Gasteiger charge is 2.03. The summed E-state index contributed by atoms with van der Waals surface area (Å²) < 4.78 is 12.9. The fourth-order valence-electron chi connectivity index (χ4n) is 1.66. The second-order valence-corrected chi connectivity index (χ2v) is 4.31. The van der Waals surface area contributed by atoms with Gasteiger partial charge >= 0.3 is 0 Å². The molecular weight excluding hydrogens is 380 g/mol. The maximum atomic E-state index is 12.9. The van der Waals surface area contributed by atoms with Crippen molar-refractivity contribution >= 4 is 41.5 Å². The van der Waals surface area contributed by atoms with E-state index < -0.39 is 0 Å². The molecule has 0 aliphatic rings. The summed E-state index contributed by atoms with van der Waals surface area (Å²) in [7, 11) is 0. The molecule has 6 heteroatoms. The van der Waals surface area contributed by atoms with Gasteiger partial charge < -0.3 is 10.6 Å². The second-order valence-electron chi connectivity index (χ2n) is 3.90. The molecule has 0 saturated heterocycles. The number of guanidine groups is 1. The van der Waals surface area contributed by atoms with Crippen LogP contribution in [0.3, 0.4) is 0 Å². The van der Waals surface area contributed by atoms with E-state index in [1.165, 1.54) is 12.1 Å². The largest absolute Gasteiger partial charge is 0.370 e. The van der Waals surface area contributed by atoms with Crippen LogP contribution in [-0.2, 0) is 6.42 Å². The fourth-order valence-corrected chi connectivity index (χ4v) is 1.92. The van der Waals surface area contributed by atoms with Crippen LogP contribution >= 0.6 is 35.6 Å². The highest BCUT2D eigenvalue weighted by molar-refractivity contribution is 14.0. The second kappa shape index (κ2) is 9.36. The zero-order chi connectivity index (χ0) is 13.5. The molecule has 0 bridgehead atoms. The van der Waals surface area contributed by atoms with Crippen molar-refractivity contribution < 1.29 is 4.39 Å². The summed E-state index contributed by atoms with van der Waals surface area (Å²) in [4.78, 5) is 6.27. The number of hydrogen-bond acceptors (Lipinski definition) is 1. The molecule has 0 heterocycles. The van der Waals surface area contributed by atoms with E-state index in [-0.39, 0.29) is 29.8 Å². The third-order valence-electron chi connectivity index (χ3n) is 2.76. The van der Waals surface area contributed by atoms with Gasteiger partial charge in [0.1, 0.15) is 5.82 Å². The summed E-state index contributed by atoms with van der Waals surface area (Å²) in [6.45, 7) is 6.28. The Labute approximate surface area is 136 Å². The first-order chi connectivity index (χ1) is 8.58. The number of aliphatic imine (C=N–C) groups is 1. The van der Waals surface area contributed by atoms with E-state index >= 15 is 0 Å². The molecule has 1 rings (SSSR count). The van der Waals surface area contributed by atoms with Crippen LogP contribution in [0.15, 0.2) is 23.2 Å². The van der Waals surface area contributed by atoms with Crippen molar-refractivity contribution in [3.05, 3.63) is 34.6 Å². The highest BCUT2D eigenvalue weighted by atomic mass is 127. The van der Waals surface area contributed by atoms with Crippen LogP contribution in [0.4, 0.5) is 4.39 Å². The molecule has 0 fully saturated rings. The van der Waals surface area contributed by atoms with Gasteiger partial charge in [-0.15, -0.1) is 24.0 Å². The van der Waals surface area contributed by atoms with Gasteiger partial charge in [0.15, 0.2) is 5.96 Å². The zero-order valence-electron chi connectivity index (χ0n) is 11.2. The van der Waals surface area contributed by atoms with Gasteiger partial charge in [-0.3, -0.25) is 4.99 Å². The van der Waals surface area contributed by atoms with Gasteiger partial charge in [0.25, 0.3) is 0 Å². The highest BCUT2D eigenvalue weighted by Crippen LogP contribution is 2.17. The molecule has 0 aliphatic heterocycles. The lowest BCUT2D eigenvalue weighted by atomic mass is 10.1. The molecule has 0 saturated carbocycles. The zero-order valence-corrected chi connectivity index (χ0v) is 14.3. The number of rotatable bonds is 5. The molecule has 19 heavy (non-hydrogen) atoms. The first kappa shape index (κ1) is 18.4. The van der Waals surface area contributed by atoms with Gasteiger partial charge in [-0.05, 0) is 38.0 Å². The van der Waals surface area contributed by atoms with Crippen molar-refractivity contribution in [2.24, 2.45) is 10.7 Å². The van der Waals surface area contributed by atoms with Crippen molar-refractivity contribution in [1.82, 2.24) is 4.90 Å². The maximum Gasteiger partial charge on any atom is 0.191 e. The fraction of sp³-hybridized carbons (Fsp3) is 0.462. The molecule has 2 N–H and O–H groups in total. The lowest BCUT2D eigenvalue weighted by Gasteiger charge is -2.19. The quantitative estimate of drug-likeness (QED) is 0.469. The molecular formula is C13H20ClFIN3. The minimum absolute atomic E-state index is 0. The molecule has 0 unspecified atom stereocenters. The van der Waals surface area contributed by atoms with Crippen molar-refractivity contribution in [3.63, 3.8) is 0 Å². The number of hydrogen-bond donors (Lipinski definition) is 1. The lowest BCUT2D eigenvalue weighted by Crippen LogP contribution is -2.37. The third-order valence-corrected chi connectivity index (χ3v) is 3.11. The number of nitrogens with two attached hydrogens (primary N) is 1. The van der Waals surface area contributed by atoms with E-state index in [0.29, 0.717) is 23.9 Å². The molecule has 0 atom stereocenters. The monoisotopic (exact) mass is 399 g/mol. The third kappa shape index (κ3) is 5.95. The first-order valence-electron chi connectivity index (χ1n) is 6.07. The van der Waals surface area contributed by atoms with Gasteiger partial charge in [0.2, 0.25) is 0 Å². The molecule has 0 spiro atoms. The van der Waals surface area contributed by atoms with Crippen LogP contribution in [0.5, 0.6) is 0 Å². The first-order valence-corrected chi connectivity index (χ1v) is 6.45. The number of nitrogens with zero attached hydrogens (tertiary/aromatic N) is 2. The van der Waals surface area contributed by atoms with Crippen LogP contribution in [0.2, 0.25) is 5.02 Å². The van der Waals surface area contributed by atoms with E-state index in [2.05, 4.69) is 4.99 Å². The topological polar surface area (TPSA) is 41.6 Å². The van der Waals surface area contributed by atoms with Crippen LogP contribution < -0.4 is 5.73 Å². The number of halogens is 3. The summed E-state index contributed by atoms with van der Waals surface area (Å²) in [5.74, 6) is 0.216. The Balaban J connectivity index is 0.00000324. The SMILES string of the molecule is CCN(CC)C(N)=NCCc1ccc(F)cc1Cl.I. The average Bonchev–Trinajstić information content (AvgIpc) is 2.33. The molecule has 108 valence electrons. The normalized spacial score (nSPS) is 11.1. The summed E-state index contributed by atoms with van der Waals surface area (Å²) >= 11 is 5.93. The van der Waals surface area contributed by atoms with Gasteiger partial charge in [0.05, 0.1) is 0 Å². The Kier molecular flexibility index (Phi) is 9.08. The summed E-state index contributed by atoms with van der Waals surface area (Å²) in [6, 6.07) is 4.40. The summed E-state index contributed by atoms with van der Waals surface area (Å²) in [5, 5.41) is 0.437. The van der Waals surface area contributed by atoms with Gasteiger partial charge in [-0.2, -0.15) is 0 Å². The molecule has 0 amide bonds. The average molecular weight is 400 g/mol. The predicted molar refractivity (Wildman–Crippen MR) is 89.9 cm³/mol. The van der Waals surface area contributed by atoms with Crippen molar-refractivity contribution in [2.45, 2.75) is 20.3 Å². The predicted octanol–water partition coefficient (Wildman–Crippen LogP) is 3.30. The van der Waals surface area contributed by atoms with E-state index in [9.17, 15) is 4.39 Å². The van der Waals surface area contributed by atoms with Crippen molar-refractivity contribution in [3.8, 4) is 0 Å².